The van der Waals surface area contributed by atoms with Gasteiger partial charge in [-0.1, -0.05) is 11.8 Å². The van der Waals surface area contributed by atoms with Gasteiger partial charge in [-0.15, -0.1) is 11.3 Å². The smallest absolute Gasteiger partial charge is 0.229 e. The minimum Gasteiger partial charge on any atom is -0.355 e. The minimum absolute atomic E-state index is 0.0881. The Hall–Kier alpha value is -1.93. The molecule has 2 amide bonds. The molecule has 1 aliphatic rings. The fourth-order valence-electron chi connectivity index (χ4n) is 2.18. The lowest BCUT2D eigenvalue weighted by Gasteiger charge is -2.08. The highest BCUT2D eigenvalue weighted by molar-refractivity contribution is 8.01. The number of carbonyl (C=O) groups is 3. The summed E-state index contributed by atoms with van der Waals surface area (Å²) >= 11 is 2.88. The van der Waals surface area contributed by atoms with Crippen molar-refractivity contribution < 1.29 is 14.4 Å². The molecule has 3 rings (SSSR count). The minimum atomic E-state index is -0.316. The number of benzene rings is 1. The van der Waals surface area contributed by atoms with Gasteiger partial charge in [0, 0.05) is 18.7 Å². The standard InChI is InChI=1S/C14H13N3O3S2/c18-3-4-21-14-17-10-2-1-9(6-11(10)22-14)16-13(20)8-5-12(19)15-7-8/h1-3,6,8H,4-5,7H2,(H,15,19)(H,16,20). The number of amides is 2. The topological polar surface area (TPSA) is 88.2 Å². The summed E-state index contributed by atoms with van der Waals surface area (Å²) < 4.78 is 1.78. The molecule has 0 bridgehead atoms. The summed E-state index contributed by atoms with van der Waals surface area (Å²) in [4.78, 5) is 38.0. The highest BCUT2D eigenvalue weighted by Crippen LogP contribution is 2.31. The Kier molecular flexibility index (Phi) is 4.39. The summed E-state index contributed by atoms with van der Waals surface area (Å²) in [7, 11) is 0. The lowest BCUT2D eigenvalue weighted by molar-refractivity contribution is -0.123. The van der Waals surface area contributed by atoms with Crippen molar-refractivity contribution in [3.05, 3.63) is 18.2 Å². The third-order valence-electron chi connectivity index (χ3n) is 3.26. The van der Waals surface area contributed by atoms with Gasteiger partial charge in [-0.3, -0.25) is 9.59 Å². The van der Waals surface area contributed by atoms with Crippen molar-refractivity contribution in [1.29, 1.82) is 0 Å². The summed E-state index contributed by atoms with van der Waals surface area (Å²) in [5.74, 6) is -0.178. The highest BCUT2D eigenvalue weighted by atomic mass is 32.2. The predicted molar refractivity (Wildman–Crippen MR) is 86.2 cm³/mol. The number of thiazole rings is 1. The third kappa shape index (κ3) is 3.28. The van der Waals surface area contributed by atoms with Crippen LogP contribution >= 0.6 is 23.1 Å². The maximum absolute atomic E-state index is 12.1. The van der Waals surface area contributed by atoms with Crippen LogP contribution in [-0.4, -0.2) is 35.4 Å². The second-order valence-corrected chi connectivity index (χ2v) is 7.13. The zero-order valence-corrected chi connectivity index (χ0v) is 13.1. The first-order chi connectivity index (χ1) is 10.7. The van der Waals surface area contributed by atoms with E-state index in [0.29, 0.717) is 18.0 Å². The highest BCUT2D eigenvalue weighted by Gasteiger charge is 2.27. The van der Waals surface area contributed by atoms with Gasteiger partial charge in [0.15, 0.2) is 4.34 Å². The number of fused-ring (bicyclic) bond motifs is 1. The van der Waals surface area contributed by atoms with E-state index in [2.05, 4.69) is 15.6 Å². The number of carbonyl (C=O) groups excluding carboxylic acids is 3. The van der Waals surface area contributed by atoms with Crippen molar-refractivity contribution in [3.63, 3.8) is 0 Å². The molecule has 2 heterocycles. The summed E-state index contributed by atoms with van der Waals surface area (Å²) in [5.41, 5.74) is 1.53. The molecule has 1 atom stereocenters. The largest absolute Gasteiger partial charge is 0.355 e. The second kappa shape index (κ2) is 6.45. The SMILES string of the molecule is O=CCSc1nc2ccc(NC(=O)C3CNC(=O)C3)cc2s1. The van der Waals surface area contributed by atoms with Crippen LogP contribution in [0.1, 0.15) is 6.42 Å². The van der Waals surface area contributed by atoms with Gasteiger partial charge in [0.25, 0.3) is 0 Å². The molecular formula is C14H13N3O3S2. The fourth-order valence-corrected chi connectivity index (χ4v) is 4.00. The number of hydrogen-bond donors (Lipinski definition) is 2. The van der Waals surface area contributed by atoms with Crippen LogP contribution in [0.4, 0.5) is 5.69 Å². The average Bonchev–Trinajstić information content (AvgIpc) is 3.10. The Labute approximate surface area is 134 Å². The molecule has 1 aliphatic heterocycles. The molecule has 0 radical (unpaired) electrons. The molecule has 0 aliphatic carbocycles. The zero-order chi connectivity index (χ0) is 15.5. The van der Waals surface area contributed by atoms with Gasteiger partial charge in [-0.05, 0) is 18.2 Å². The van der Waals surface area contributed by atoms with Gasteiger partial charge in [0.2, 0.25) is 11.8 Å². The molecule has 2 N–H and O–H groups in total. The molecule has 8 heteroatoms. The lowest BCUT2D eigenvalue weighted by Crippen LogP contribution is -2.24. The summed E-state index contributed by atoms with van der Waals surface area (Å²) in [5, 5.41) is 5.48. The Bertz CT molecular complexity index is 744. The number of thioether (sulfide) groups is 1. The summed E-state index contributed by atoms with van der Waals surface area (Å²) in [6.07, 6.45) is 1.08. The number of rotatable bonds is 5. The number of anilines is 1. The molecule has 1 unspecified atom stereocenters. The van der Waals surface area contributed by atoms with E-state index >= 15 is 0 Å². The van der Waals surface area contributed by atoms with Crippen molar-refractivity contribution in [2.45, 2.75) is 10.8 Å². The lowest BCUT2D eigenvalue weighted by atomic mass is 10.1. The van der Waals surface area contributed by atoms with Crippen LogP contribution < -0.4 is 10.6 Å². The first-order valence-electron chi connectivity index (χ1n) is 6.70. The van der Waals surface area contributed by atoms with E-state index in [-0.39, 0.29) is 24.2 Å². The van der Waals surface area contributed by atoms with Crippen LogP contribution in [0.3, 0.4) is 0 Å². The quantitative estimate of drug-likeness (QED) is 0.641. The first kappa shape index (κ1) is 15.0. The second-order valence-electron chi connectivity index (χ2n) is 4.83. The summed E-state index contributed by atoms with van der Waals surface area (Å²) in [6.45, 7) is 0.389. The molecule has 2 aromatic rings. The number of aldehydes is 1. The van der Waals surface area contributed by atoms with Crippen LogP contribution in [0.2, 0.25) is 0 Å². The van der Waals surface area contributed by atoms with Gasteiger partial charge in [0.1, 0.15) is 6.29 Å². The van der Waals surface area contributed by atoms with Gasteiger partial charge in [0.05, 0.1) is 21.9 Å². The molecular weight excluding hydrogens is 322 g/mol. The van der Waals surface area contributed by atoms with E-state index in [1.165, 1.54) is 23.1 Å². The Morgan fingerprint density at radius 3 is 3.14 bits per heavy atom. The molecule has 1 aromatic carbocycles. The van der Waals surface area contributed by atoms with E-state index in [0.717, 1.165) is 20.8 Å². The van der Waals surface area contributed by atoms with Crippen LogP contribution in [0.15, 0.2) is 22.5 Å². The van der Waals surface area contributed by atoms with Crippen molar-refractivity contribution >= 4 is 57.1 Å². The van der Waals surface area contributed by atoms with Gasteiger partial charge >= 0.3 is 0 Å². The Balaban J connectivity index is 1.72. The van der Waals surface area contributed by atoms with Crippen LogP contribution in [0.5, 0.6) is 0 Å². The first-order valence-corrected chi connectivity index (χ1v) is 8.50. The Morgan fingerprint density at radius 2 is 2.41 bits per heavy atom. The van der Waals surface area contributed by atoms with Gasteiger partial charge in [-0.2, -0.15) is 0 Å². The maximum atomic E-state index is 12.1. The van der Waals surface area contributed by atoms with E-state index < -0.39 is 0 Å². The molecule has 1 aromatic heterocycles. The van der Waals surface area contributed by atoms with Crippen molar-refractivity contribution in [2.24, 2.45) is 5.92 Å². The van der Waals surface area contributed by atoms with E-state index in [9.17, 15) is 14.4 Å². The normalized spacial score (nSPS) is 17.5. The molecule has 6 nitrogen and oxygen atoms in total. The monoisotopic (exact) mass is 335 g/mol. The Morgan fingerprint density at radius 1 is 1.55 bits per heavy atom. The molecule has 1 saturated heterocycles. The van der Waals surface area contributed by atoms with E-state index in [1.54, 1.807) is 6.07 Å². The van der Waals surface area contributed by atoms with Crippen LogP contribution in [0, 0.1) is 5.92 Å². The van der Waals surface area contributed by atoms with Crippen LogP contribution in [-0.2, 0) is 14.4 Å². The molecule has 1 fully saturated rings. The van der Waals surface area contributed by atoms with Gasteiger partial charge in [-0.25, -0.2) is 4.98 Å². The molecule has 0 spiro atoms. The van der Waals surface area contributed by atoms with Crippen molar-refractivity contribution in [3.8, 4) is 0 Å². The molecule has 22 heavy (non-hydrogen) atoms. The number of aromatic nitrogens is 1. The van der Waals surface area contributed by atoms with Crippen molar-refractivity contribution in [1.82, 2.24) is 10.3 Å². The number of nitrogens with one attached hydrogen (secondary N) is 2. The fraction of sp³-hybridized carbons (Fsp3) is 0.286. The van der Waals surface area contributed by atoms with Gasteiger partial charge < -0.3 is 15.4 Å². The van der Waals surface area contributed by atoms with Crippen molar-refractivity contribution in [2.75, 3.05) is 17.6 Å². The average molecular weight is 335 g/mol. The third-order valence-corrected chi connectivity index (χ3v) is 5.32. The summed E-state index contributed by atoms with van der Waals surface area (Å²) in [6, 6.07) is 5.49. The number of hydrogen-bond acceptors (Lipinski definition) is 6. The zero-order valence-electron chi connectivity index (χ0n) is 11.5. The van der Waals surface area contributed by atoms with Crippen LogP contribution in [0.25, 0.3) is 10.2 Å². The number of nitrogens with zero attached hydrogens (tertiary/aromatic N) is 1. The predicted octanol–water partition coefficient (Wildman–Crippen LogP) is 1.66. The molecule has 0 saturated carbocycles. The molecule has 114 valence electrons. The van der Waals surface area contributed by atoms with E-state index in [1.807, 2.05) is 12.1 Å². The maximum Gasteiger partial charge on any atom is 0.229 e. The van der Waals surface area contributed by atoms with E-state index in [4.69, 9.17) is 0 Å².